The smallest absolute Gasteiger partial charge is 0.293 e. The molecule has 0 heterocycles. The lowest BCUT2D eigenvalue weighted by Gasteiger charge is -2.05. The fourth-order valence-electron chi connectivity index (χ4n) is 1.29. The molecule has 0 aliphatic heterocycles. The molecule has 0 atom stereocenters. The third-order valence-corrected chi connectivity index (χ3v) is 2.07. The second kappa shape index (κ2) is 6.14. The van der Waals surface area contributed by atoms with E-state index in [1.165, 1.54) is 12.1 Å². The summed E-state index contributed by atoms with van der Waals surface area (Å²) in [6.45, 7) is 2.28. The van der Waals surface area contributed by atoms with Crippen LogP contribution in [0.1, 0.15) is 18.9 Å². The molecule has 0 aliphatic carbocycles. The van der Waals surface area contributed by atoms with E-state index in [1.807, 2.05) is 6.07 Å². The number of nitro groups is 1. The van der Waals surface area contributed by atoms with Gasteiger partial charge in [-0.05, 0) is 19.1 Å². The van der Waals surface area contributed by atoms with Gasteiger partial charge >= 0.3 is 0 Å². The number of nitriles is 1. The molecule has 5 heteroatoms. The van der Waals surface area contributed by atoms with E-state index in [0.29, 0.717) is 18.7 Å². The van der Waals surface area contributed by atoms with Crippen molar-refractivity contribution in [2.24, 2.45) is 0 Å². The summed E-state index contributed by atoms with van der Waals surface area (Å²) >= 11 is 0. The van der Waals surface area contributed by atoms with Crippen molar-refractivity contribution in [2.45, 2.75) is 13.3 Å². The normalized spacial score (nSPS) is 8.71. The van der Waals surface area contributed by atoms with Crippen molar-refractivity contribution in [1.29, 1.82) is 5.26 Å². The van der Waals surface area contributed by atoms with Crippen LogP contribution in [0.5, 0.6) is 0 Å². The number of nitrogens with zero attached hydrogens (tertiary/aromatic N) is 2. The van der Waals surface area contributed by atoms with E-state index in [-0.39, 0.29) is 11.3 Å². The van der Waals surface area contributed by atoms with Crippen LogP contribution < -0.4 is 5.32 Å². The van der Waals surface area contributed by atoms with Crippen molar-refractivity contribution in [3.8, 4) is 17.9 Å². The second-order valence-electron chi connectivity index (χ2n) is 3.20. The molecule has 17 heavy (non-hydrogen) atoms. The summed E-state index contributed by atoms with van der Waals surface area (Å²) in [4.78, 5) is 10.3. The SMILES string of the molecule is CC#CCCNc1ccc(C#N)cc1[N+](=O)[O-]. The standard InChI is InChI=1S/C12H11N3O2/c1-2-3-4-7-14-11-6-5-10(9-13)8-12(11)15(16)17/h5-6,8,14H,4,7H2,1H3. The highest BCUT2D eigenvalue weighted by Gasteiger charge is 2.13. The summed E-state index contributed by atoms with van der Waals surface area (Å²) in [6.07, 6.45) is 0.619. The van der Waals surface area contributed by atoms with Gasteiger partial charge in [-0.1, -0.05) is 0 Å². The van der Waals surface area contributed by atoms with Crippen LogP contribution in [-0.2, 0) is 0 Å². The Bertz CT molecular complexity index is 521. The van der Waals surface area contributed by atoms with Gasteiger partial charge in [0.1, 0.15) is 5.69 Å². The average molecular weight is 229 g/mol. The van der Waals surface area contributed by atoms with Crippen LogP contribution in [0.25, 0.3) is 0 Å². The largest absolute Gasteiger partial charge is 0.379 e. The van der Waals surface area contributed by atoms with Crippen molar-refractivity contribution in [1.82, 2.24) is 0 Å². The molecule has 1 N–H and O–H groups in total. The van der Waals surface area contributed by atoms with Crippen molar-refractivity contribution >= 4 is 11.4 Å². The van der Waals surface area contributed by atoms with Crippen LogP contribution in [0.2, 0.25) is 0 Å². The molecule has 0 saturated heterocycles. The first-order valence-corrected chi connectivity index (χ1v) is 5.01. The second-order valence-corrected chi connectivity index (χ2v) is 3.20. The minimum atomic E-state index is -0.505. The lowest BCUT2D eigenvalue weighted by atomic mass is 10.2. The Morgan fingerprint density at radius 2 is 2.29 bits per heavy atom. The first kappa shape index (κ1) is 12.5. The topological polar surface area (TPSA) is 79.0 Å². The predicted octanol–water partition coefficient (Wildman–Crippen LogP) is 2.29. The molecule has 0 unspecified atom stereocenters. The van der Waals surface area contributed by atoms with Gasteiger partial charge < -0.3 is 5.32 Å². The average Bonchev–Trinajstić information content (AvgIpc) is 2.34. The molecule has 0 spiro atoms. The molecule has 86 valence electrons. The first-order valence-electron chi connectivity index (χ1n) is 5.01. The van der Waals surface area contributed by atoms with Crippen LogP contribution in [0.3, 0.4) is 0 Å². The highest BCUT2D eigenvalue weighted by atomic mass is 16.6. The highest BCUT2D eigenvalue weighted by molar-refractivity contribution is 5.64. The predicted molar refractivity (Wildman–Crippen MR) is 64.4 cm³/mol. The van der Waals surface area contributed by atoms with E-state index in [0.717, 1.165) is 0 Å². The molecule has 0 aromatic heterocycles. The van der Waals surface area contributed by atoms with Gasteiger partial charge in [-0.15, -0.1) is 11.8 Å². The van der Waals surface area contributed by atoms with Crippen LogP contribution in [-0.4, -0.2) is 11.5 Å². The fourth-order valence-corrected chi connectivity index (χ4v) is 1.29. The quantitative estimate of drug-likeness (QED) is 0.372. The maximum absolute atomic E-state index is 10.8. The Morgan fingerprint density at radius 1 is 1.53 bits per heavy atom. The van der Waals surface area contributed by atoms with Gasteiger partial charge in [-0.25, -0.2) is 0 Å². The third-order valence-electron chi connectivity index (χ3n) is 2.07. The Morgan fingerprint density at radius 3 is 2.88 bits per heavy atom. The van der Waals surface area contributed by atoms with Gasteiger partial charge in [-0.3, -0.25) is 10.1 Å². The van der Waals surface area contributed by atoms with Gasteiger partial charge in [0, 0.05) is 19.0 Å². The molecule has 1 aromatic carbocycles. The van der Waals surface area contributed by atoms with Crippen LogP contribution >= 0.6 is 0 Å². The summed E-state index contributed by atoms with van der Waals surface area (Å²) in [5.41, 5.74) is 0.594. The number of rotatable bonds is 4. The zero-order valence-electron chi connectivity index (χ0n) is 9.36. The van der Waals surface area contributed by atoms with Crippen molar-refractivity contribution in [3.05, 3.63) is 33.9 Å². The van der Waals surface area contributed by atoms with E-state index in [4.69, 9.17) is 5.26 Å². The third kappa shape index (κ3) is 3.51. The summed E-state index contributed by atoms with van der Waals surface area (Å²) in [7, 11) is 0. The van der Waals surface area contributed by atoms with Gasteiger partial charge in [0.25, 0.3) is 5.69 Å². The Kier molecular flexibility index (Phi) is 4.53. The summed E-state index contributed by atoms with van der Waals surface area (Å²) in [5.74, 6) is 5.60. The maximum Gasteiger partial charge on any atom is 0.293 e. The first-order chi connectivity index (χ1) is 8.19. The number of nitrogens with one attached hydrogen (secondary N) is 1. The molecule has 5 nitrogen and oxygen atoms in total. The Balaban J connectivity index is 2.86. The van der Waals surface area contributed by atoms with Crippen molar-refractivity contribution in [3.63, 3.8) is 0 Å². The number of hydrogen-bond acceptors (Lipinski definition) is 4. The van der Waals surface area contributed by atoms with Gasteiger partial charge in [0.15, 0.2) is 0 Å². The van der Waals surface area contributed by atoms with E-state index >= 15 is 0 Å². The van der Waals surface area contributed by atoms with Crippen molar-refractivity contribution in [2.75, 3.05) is 11.9 Å². The summed E-state index contributed by atoms with van der Waals surface area (Å²) in [6, 6.07) is 6.21. The summed E-state index contributed by atoms with van der Waals surface area (Å²) in [5, 5.41) is 22.4. The number of anilines is 1. The lowest BCUT2D eigenvalue weighted by molar-refractivity contribution is -0.384. The molecule has 0 bridgehead atoms. The van der Waals surface area contributed by atoms with Crippen LogP contribution in [0.15, 0.2) is 18.2 Å². The monoisotopic (exact) mass is 229 g/mol. The minimum absolute atomic E-state index is 0.0893. The number of nitro benzene ring substituents is 1. The van der Waals surface area contributed by atoms with E-state index in [1.54, 1.807) is 13.0 Å². The molecule has 0 aliphatic rings. The molecular weight excluding hydrogens is 218 g/mol. The number of benzene rings is 1. The Hall–Kier alpha value is -2.53. The fraction of sp³-hybridized carbons (Fsp3) is 0.250. The molecule has 0 amide bonds. The van der Waals surface area contributed by atoms with Crippen LogP contribution in [0, 0.1) is 33.3 Å². The van der Waals surface area contributed by atoms with E-state index in [2.05, 4.69) is 17.2 Å². The van der Waals surface area contributed by atoms with E-state index in [9.17, 15) is 10.1 Å². The molecule has 0 radical (unpaired) electrons. The molecule has 1 rings (SSSR count). The highest BCUT2D eigenvalue weighted by Crippen LogP contribution is 2.25. The molecular formula is C12H11N3O2. The maximum atomic E-state index is 10.8. The van der Waals surface area contributed by atoms with E-state index < -0.39 is 4.92 Å². The zero-order chi connectivity index (χ0) is 12.7. The van der Waals surface area contributed by atoms with Crippen LogP contribution in [0.4, 0.5) is 11.4 Å². The van der Waals surface area contributed by atoms with Gasteiger partial charge in [0.05, 0.1) is 16.6 Å². The lowest BCUT2D eigenvalue weighted by Crippen LogP contribution is -2.03. The molecule has 0 saturated carbocycles. The zero-order valence-corrected chi connectivity index (χ0v) is 9.36. The Labute approximate surface area is 99.2 Å². The van der Waals surface area contributed by atoms with Gasteiger partial charge in [-0.2, -0.15) is 5.26 Å². The summed E-state index contributed by atoms with van der Waals surface area (Å²) < 4.78 is 0. The molecule has 1 aromatic rings. The molecule has 0 fully saturated rings. The van der Waals surface area contributed by atoms with Crippen molar-refractivity contribution < 1.29 is 4.92 Å². The van der Waals surface area contributed by atoms with Gasteiger partial charge in [0.2, 0.25) is 0 Å². The number of hydrogen-bond donors (Lipinski definition) is 1. The minimum Gasteiger partial charge on any atom is -0.379 e.